The van der Waals surface area contributed by atoms with Gasteiger partial charge < -0.3 is 14.5 Å². The number of pyridine rings is 1. The average Bonchev–Trinajstić information content (AvgIpc) is 2.81. The van der Waals surface area contributed by atoms with E-state index in [1.54, 1.807) is 35.4 Å². The standard InChI is InChI=1S/C24H22FN3O3/c25-20-8-1-2-9-21(20)27-13-15-28(16-14-27)22(29)17-31-23(30)11-10-19-6-3-5-18-7-4-12-26-24(18)19/h1-12H,13-17H2/b11-10+. The predicted octanol–water partition coefficient (Wildman–Crippen LogP) is 3.28. The highest BCUT2D eigenvalue weighted by molar-refractivity contribution is 5.93. The van der Waals surface area contributed by atoms with Crippen molar-refractivity contribution in [2.75, 3.05) is 37.7 Å². The maximum Gasteiger partial charge on any atom is 0.331 e. The summed E-state index contributed by atoms with van der Waals surface area (Å²) in [6.45, 7) is 1.62. The summed E-state index contributed by atoms with van der Waals surface area (Å²) in [5.74, 6) is -1.13. The fraction of sp³-hybridized carbons (Fsp3) is 0.208. The monoisotopic (exact) mass is 419 g/mol. The van der Waals surface area contributed by atoms with E-state index in [1.807, 2.05) is 35.2 Å². The zero-order valence-corrected chi connectivity index (χ0v) is 16.9. The highest BCUT2D eigenvalue weighted by atomic mass is 19.1. The van der Waals surface area contributed by atoms with E-state index >= 15 is 0 Å². The lowest BCUT2D eigenvalue weighted by molar-refractivity contribution is -0.148. The van der Waals surface area contributed by atoms with Gasteiger partial charge in [0.05, 0.1) is 11.2 Å². The van der Waals surface area contributed by atoms with Crippen molar-refractivity contribution in [3.8, 4) is 0 Å². The Bertz CT molecular complexity index is 1120. The van der Waals surface area contributed by atoms with Crippen molar-refractivity contribution in [2.24, 2.45) is 0 Å². The summed E-state index contributed by atoms with van der Waals surface area (Å²) in [5.41, 5.74) is 2.12. The van der Waals surface area contributed by atoms with Crippen LogP contribution in [0.1, 0.15) is 5.56 Å². The van der Waals surface area contributed by atoms with E-state index in [1.165, 1.54) is 12.1 Å². The summed E-state index contributed by atoms with van der Waals surface area (Å²) >= 11 is 0. The number of rotatable bonds is 5. The first-order valence-electron chi connectivity index (χ1n) is 10.1. The molecule has 0 N–H and O–H groups in total. The minimum absolute atomic E-state index is 0.262. The van der Waals surface area contributed by atoms with Crippen molar-refractivity contribution in [3.05, 3.63) is 78.3 Å². The molecule has 0 saturated carbocycles. The van der Waals surface area contributed by atoms with Gasteiger partial charge in [-0.1, -0.05) is 36.4 Å². The predicted molar refractivity (Wildman–Crippen MR) is 117 cm³/mol. The lowest BCUT2D eigenvalue weighted by atomic mass is 10.1. The molecule has 1 aliphatic heterocycles. The Morgan fingerprint density at radius 2 is 1.77 bits per heavy atom. The van der Waals surface area contributed by atoms with Crippen LogP contribution in [0.5, 0.6) is 0 Å². The first-order chi connectivity index (χ1) is 15.1. The molecule has 0 radical (unpaired) electrons. The summed E-state index contributed by atoms with van der Waals surface area (Å²) in [7, 11) is 0. The van der Waals surface area contributed by atoms with E-state index in [9.17, 15) is 14.0 Å². The number of amides is 1. The van der Waals surface area contributed by atoms with E-state index in [-0.39, 0.29) is 18.3 Å². The third kappa shape index (κ3) is 4.88. The third-order valence-electron chi connectivity index (χ3n) is 5.23. The van der Waals surface area contributed by atoms with Crippen molar-refractivity contribution in [3.63, 3.8) is 0 Å². The SMILES string of the molecule is O=C(/C=C/c1cccc2cccnc12)OCC(=O)N1CCN(c2ccccc2F)CC1. The van der Waals surface area contributed by atoms with Crippen LogP contribution in [0, 0.1) is 5.82 Å². The molecule has 3 aromatic rings. The number of hydrogen-bond acceptors (Lipinski definition) is 5. The molecule has 1 aromatic heterocycles. The van der Waals surface area contributed by atoms with Gasteiger partial charge in [0.1, 0.15) is 5.82 Å². The topological polar surface area (TPSA) is 62.7 Å². The van der Waals surface area contributed by atoms with Gasteiger partial charge in [-0.25, -0.2) is 9.18 Å². The van der Waals surface area contributed by atoms with Crippen molar-refractivity contribution in [1.82, 2.24) is 9.88 Å². The third-order valence-corrected chi connectivity index (χ3v) is 5.23. The number of benzene rings is 2. The summed E-state index contributed by atoms with van der Waals surface area (Å²) in [4.78, 5) is 32.3. The van der Waals surface area contributed by atoms with E-state index in [0.717, 1.165) is 16.5 Å². The molecule has 0 atom stereocenters. The van der Waals surface area contributed by atoms with E-state index in [0.29, 0.717) is 31.9 Å². The average molecular weight is 419 g/mol. The number of para-hydroxylation sites is 2. The second-order valence-corrected chi connectivity index (χ2v) is 7.18. The van der Waals surface area contributed by atoms with Crippen LogP contribution in [-0.2, 0) is 14.3 Å². The molecule has 0 spiro atoms. The van der Waals surface area contributed by atoms with Crippen LogP contribution in [0.2, 0.25) is 0 Å². The van der Waals surface area contributed by atoms with Gasteiger partial charge >= 0.3 is 5.97 Å². The zero-order valence-electron chi connectivity index (χ0n) is 16.9. The van der Waals surface area contributed by atoms with Crippen LogP contribution in [-0.4, -0.2) is 54.5 Å². The molecule has 0 unspecified atom stereocenters. The lowest BCUT2D eigenvalue weighted by Crippen LogP contribution is -2.50. The van der Waals surface area contributed by atoms with E-state index < -0.39 is 5.97 Å². The number of halogens is 1. The normalized spacial score (nSPS) is 14.2. The zero-order chi connectivity index (χ0) is 21.6. The number of piperazine rings is 1. The molecule has 1 fully saturated rings. The molecule has 7 heteroatoms. The highest BCUT2D eigenvalue weighted by Crippen LogP contribution is 2.20. The highest BCUT2D eigenvalue weighted by Gasteiger charge is 2.23. The number of anilines is 1. The summed E-state index contributed by atoms with van der Waals surface area (Å²) in [5, 5.41) is 0.975. The van der Waals surface area contributed by atoms with Crippen molar-refractivity contribution in [2.45, 2.75) is 0 Å². The first-order valence-corrected chi connectivity index (χ1v) is 10.1. The Hall–Kier alpha value is -3.74. The smallest absolute Gasteiger partial charge is 0.331 e. The van der Waals surface area contributed by atoms with Gasteiger partial charge in [-0.2, -0.15) is 0 Å². The number of ether oxygens (including phenoxy) is 1. The second kappa shape index (κ2) is 9.38. The Morgan fingerprint density at radius 1 is 1.00 bits per heavy atom. The van der Waals surface area contributed by atoms with Gasteiger partial charge in [-0.05, 0) is 24.3 Å². The Morgan fingerprint density at radius 3 is 2.58 bits per heavy atom. The minimum atomic E-state index is -0.591. The van der Waals surface area contributed by atoms with Crippen LogP contribution < -0.4 is 4.90 Å². The summed E-state index contributed by atoms with van der Waals surface area (Å²) < 4.78 is 19.0. The van der Waals surface area contributed by atoms with Crippen molar-refractivity contribution >= 4 is 34.5 Å². The molecule has 1 aliphatic rings. The molecule has 158 valence electrons. The molecule has 1 saturated heterocycles. The van der Waals surface area contributed by atoms with E-state index in [4.69, 9.17) is 4.74 Å². The van der Waals surface area contributed by atoms with Gasteiger partial charge in [-0.15, -0.1) is 0 Å². The minimum Gasteiger partial charge on any atom is -0.452 e. The number of hydrogen-bond donors (Lipinski definition) is 0. The molecule has 2 heterocycles. The fourth-order valence-corrected chi connectivity index (χ4v) is 3.60. The van der Waals surface area contributed by atoms with Gasteiger partial charge in [-0.3, -0.25) is 9.78 Å². The van der Waals surface area contributed by atoms with Gasteiger partial charge in [0.2, 0.25) is 0 Å². The van der Waals surface area contributed by atoms with Crippen molar-refractivity contribution < 1.29 is 18.7 Å². The molecular weight excluding hydrogens is 397 g/mol. The van der Waals surface area contributed by atoms with Crippen LogP contribution in [0.4, 0.5) is 10.1 Å². The van der Waals surface area contributed by atoms with Crippen LogP contribution >= 0.6 is 0 Å². The molecule has 31 heavy (non-hydrogen) atoms. The molecule has 0 aliphatic carbocycles. The summed E-state index contributed by atoms with van der Waals surface area (Å²) in [6.07, 6.45) is 4.63. The first kappa shape index (κ1) is 20.5. The number of esters is 1. The van der Waals surface area contributed by atoms with Gasteiger partial charge in [0.15, 0.2) is 6.61 Å². The Kier molecular flexibility index (Phi) is 6.21. The van der Waals surface area contributed by atoms with Crippen LogP contribution in [0.3, 0.4) is 0 Å². The quantitative estimate of drug-likeness (QED) is 0.469. The molecule has 1 amide bonds. The molecule has 0 bridgehead atoms. The fourth-order valence-electron chi connectivity index (χ4n) is 3.60. The number of carbonyl (C=O) groups excluding carboxylic acids is 2. The largest absolute Gasteiger partial charge is 0.452 e. The maximum absolute atomic E-state index is 13.9. The molecule has 2 aromatic carbocycles. The van der Waals surface area contributed by atoms with Gasteiger partial charge in [0, 0.05) is 49.4 Å². The lowest BCUT2D eigenvalue weighted by Gasteiger charge is -2.36. The van der Waals surface area contributed by atoms with Crippen LogP contribution in [0.25, 0.3) is 17.0 Å². The van der Waals surface area contributed by atoms with E-state index in [2.05, 4.69) is 4.98 Å². The Balaban J connectivity index is 1.27. The number of aromatic nitrogens is 1. The number of nitrogens with zero attached hydrogens (tertiary/aromatic N) is 3. The van der Waals surface area contributed by atoms with Crippen LogP contribution in [0.15, 0.2) is 66.9 Å². The van der Waals surface area contributed by atoms with Gasteiger partial charge in [0.25, 0.3) is 5.91 Å². The second-order valence-electron chi connectivity index (χ2n) is 7.18. The number of carbonyl (C=O) groups is 2. The summed E-state index contributed by atoms with van der Waals surface area (Å²) in [6, 6.07) is 16.1. The molecular formula is C24H22FN3O3. The Labute approximate surface area is 179 Å². The number of fused-ring (bicyclic) bond motifs is 1. The maximum atomic E-state index is 13.9. The molecule has 6 nitrogen and oxygen atoms in total. The molecule has 4 rings (SSSR count). The van der Waals surface area contributed by atoms with Crippen molar-refractivity contribution in [1.29, 1.82) is 0 Å².